The van der Waals surface area contributed by atoms with Crippen molar-refractivity contribution in [3.05, 3.63) is 0 Å². The third kappa shape index (κ3) is 4.05. The van der Waals surface area contributed by atoms with Gasteiger partial charge >= 0.3 is 174 Å². The van der Waals surface area contributed by atoms with Gasteiger partial charge in [0.15, 0.2) is 0 Å². The van der Waals surface area contributed by atoms with Crippen LogP contribution < -0.4 is 0 Å². The van der Waals surface area contributed by atoms with E-state index in [1.54, 1.807) is 0 Å². The third-order valence-corrected chi connectivity index (χ3v) is 17.5. The minimum absolute atomic E-state index is 0.0244. The first kappa shape index (κ1) is 25.8. The predicted octanol–water partition coefficient (Wildman–Crippen LogP) is 3.98. The number of rotatable bonds is 8. The Balaban J connectivity index is 2.75. The fourth-order valence-corrected chi connectivity index (χ4v) is 17.4. The van der Waals surface area contributed by atoms with Crippen LogP contribution in [0.15, 0.2) is 0 Å². The first-order valence-corrected chi connectivity index (χ1v) is 14.8. The van der Waals surface area contributed by atoms with Gasteiger partial charge in [-0.05, 0) is 0 Å². The van der Waals surface area contributed by atoms with Gasteiger partial charge in [-0.25, -0.2) is 0 Å². The molecular weight excluding hydrogens is 441 g/mol. The summed E-state index contributed by atoms with van der Waals surface area (Å²) >= 11 is 0. The monoisotopic (exact) mass is 478 g/mol. The van der Waals surface area contributed by atoms with E-state index in [4.69, 9.17) is 27.1 Å². The molecule has 0 unspecified atom stereocenters. The SMILES string of the molecule is COP(=O)(OC)C(CP12(OC(C)(C)CN1C)OC(C)(C)CN2C)P(=O)(OC)OC. The second-order valence-corrected chi connectivity index (χ2v) is 18.3. The van der Waals surface area contributed by atoms with Gasteiger partial charge in [0, 0.05) is 0 Å². The van der Waals surface area contributed by atoms with E-state index in [9.17, 15) is 9.13 Å². The third-order valence-electron chi connectivity index (χ3n) is 5.65. The molecule has 2 saturated heterocycles. The van der Waals surface area contributed by atoms with Gasteiger partial charge in [-0.15, -0.1) is 0 Å². The molecule has 0 aromatic rings. The molecule has 1 spiro atoms. The maximum atomic E-state index is 13.6. The summed E-state index contributed by atoms with van der Waals surface area (Å²) in [4.78, 5) is 0. The average Bonchev–Trinajstić information content (AvgIpc) is 2.96. The molecule has 10 nitrogen and oxygen atoms in total. The van der Waals surface area contributed by atoms with E-state index in [0.29, 0.717) is 13.1 Å². The summed E-state index contributed by atoms with van der Waals surface area (Å²) < 4.78 is 65.7. The second kappa shape index (κ2) is 7.86. The molecule has 0 atom stereocenters. The zero-order valence-electron chi connectivity index (χ0n) is 19.2. The van der Waals surface area contributed by atoms with E-state index in [-0.39, 0.29) is 6.16 Å². The molecule has 0 radical (unpaired) electrons. The van der Waals surface area contributed by atoms with Crippen molar-refractivity contribution in [1.29, 1.82) is 0 Å². The number of nitrogens with zero attached hydrogens (tertiary/aromatic N) is 2. The topological polar surface area (TPSA) is 96.0 Å². The van der Waals surface area contributed by atoms with Gasteiger partial charge in [0.1, 0.15) is 0 Å². The quantitative estimate of drug-likeness (QED) is 0.477. The summed E-state index contributed by atoms with van der Waals surface area (Å²) in [6.45, 7) is 9.04. The molecule has 0 N–H and O–H groups in total. The Hall–Kier alpha value is 0.570. The van der Waals surface area contributed by atoms with Crippen molar-refractivity contribution in [3.8, 4) is 0 Å². The number of hydrogen-bond acceptors (Lipinski definition) is 10. The first-order chi connectivity index (χ1) is 13.1. The van der Waals surface area contributed by atoms with Gasteiger partial charge in [0.25, 0.3) is 0 Å². The van der Waals surface area contributed by atoms with E-state index < -0.39 is 39.2 Å². The Morgan fingerprint density at radius 3 is 1.34 bits per heavy atom. The van der Waals surface area contributed by atoms with Crippen molar-refractivity contribution in [3.63, 3.8) is 0 Å². The molecule has 0 aliphatic carbocycles. The van der Waals surface area contributed by atoms with E-state index in [1.165, 1.54) is 28.4 Å². The summed E-state index contributed by atoms with van der Waals surface area (Å²) in [6.07, 6.45) is -0.0244. The second-order valence-electron chi connectivity index (χ2n) is 8.84. The Morgan fingerprint density at radius 1 is 0.828 bits per heavy atom. The molecule has 174 valence electrons. The molecule has 0 aromatic carbocycles. The van der Waals surface area contributed by atoms with E-state index in [1.807, 2.05) is 51.1 Å². The first-order valence-electron chi connectivity index (χ1n) is 9.38. The Kier molecular flexibility index (Phi) is 7.00. The zero-order valence-corrected chi connectivity index (χ0v) is 21.9. The van der Waals surface area contributed by atoms with Crippen LogP contribution in [0, 0.1) is 0 Å². The van der Waals surface area contributed by atoms with Crippen LogP contribution >= 0.6 is 22.6 Å². The molecular formula is C16H37N2O8P3. The van der Waals surface area contributed by atoms with Crippen molar-refractivity contribution < 1.29 is 36.3 Å². The molecule has 0 saturated carbocycles. The van der Waals surface area contributed by atoms with Crippen molar-refractivity contribution >= 4 is 22.6 Å². The molecule has 2 rings (SSSR count). The van der Waals surface area contributed by atoms with Crippen molar-refractivity contribution in [2.45, 2.75) is 44.3 Å². The molecule has 13 heteroatoms. The number of hydrogen-bond donors (Lipinski definition) is 0. The van der Waals surface area contributed by atoms with E-state index in [2.05, 4.69) is 0 Å². The van der Waals surface area contributed by atoms with E-state index in [0.717, 1.165) is 0 Å². The molecule has 0 amide bonds. The summed E-state index contributed by atoms with van der Waals surface area (Å²) in [5.41, 5.74) is -1.08. The predicted molar refractivity (Wildman–Crippen MR) is 114 cm³/mol. The van der Waals surface area contributed by atoms with Gasteiger partial charge in [-0.2, -0.15) is 0 Å². The van der Waals surface area contributed by atoms with E-state index >= 15 is 0 Å². The molecule has 2 aliphatic rings. The van der Waals surface area contributed by atoms with Crippen LogP contribution in [0.2, 0.25) is 0 Å². The maximum absolute atomic E-state index is 13.6. The van der Waals surface area contributed by atoms with Gasteiger partial charge in [-0.3, -0.25) is 0 Å². The average molecular weight is 478 g/mol. The molecule has 2 heterocycles. The van der Waals surface area contributed by atoms with Gasteiger partial charge < -0.3 is 0 Å². The fourth-order valence-electron chi connectivity index (χ4n) is 4.63. The standard InChI is InChI=1S/C16H37N2O8P3/c1-15(2)12-17(5)29(25-15,18(6)13-16(3,4)26-29)11-14(27(19,21-7)22-8)28(20,23-9)24-10/h14H,11-13H2,1-10H3. The molecule has 2 aliphatic heterocycles. The van der Waals surface area contributed by atoms with Crippen molar-refractivity contribution in [2.75, 3.05) is 61.8 Å². The minimum atomic E-state index is -3.91. The summed E-state index contributed by atoms with van der Waals surface area (Å²) in [7, 11) is -2.83. The normalized spacial score (nSPS) is 28.0. The molecule has 0 aromatic heterocycles. The number of likely N-dealkylation sites (N-methyl/N-ethyl adjacent to an activating group) is 2. The van der Waals surface area contributed by atoms with Crippen LogP contribution in [-0.2, 0) is 36.3 Å². The molecule has 2 fully saturated rings. The Labute approximate surface area is 174 Å². The van der Waals surface area contributed by atoms with Crippen molar-refractivity contribution in [2.24, 2.45) is 0 Å². The Bertz CT molecular complexity index is 659. The Morgan fingerprint density at radius 2 is 1.14 bits per heavy atom. The van der Waals surface area contributed by atoms with Crippen molar-refractivity contribution in [1.82, 2.24) is 9.34 Å². The fraction of sp³-hybridized carbons (Fsp3) is 1.00. The summed E-state index contributed by atoms with van der Waals surface area (Å²) in [5.74, 6) is 0. The van der Waals surface area contributed by atoms with Crippen LogP contribution in [0.3, 0.4) is 0 Å². The van der Waals surface area contributed by atoms with Crippen LogP contribution in [0.5, 0.6) is 0 Å². The van der Waals surface area contributed by atoms with Gasteiger partial charge in [-0.1, -0.05) is 0 Å². The van der Waals surface area contributed by atoms with Crippen LogP contribution in [0.25, 0.3) is 0 Å². The molecule has 0 bridgehead atoms. The van der Waals surface area contributed by atoms with Gasteiger partial charge in [0.05, 0.1) is 0 Å². The summed E-state index contributed by atoms with van der Waals surface area (Å²) in [6, 6.07) is 0. The molecule has 29 heavy (non-hydrogen) atoms. The zero-order chi connectivity index (χ0) is 22.5. The van der Waals surface area contributed by atoms with Crippen LogP contribution in [-0.4, -0.2) is 87.7 Å². The summed E-state index contributed by atoms with van der Waals surface area (Å²) in [5, 5.41) is -1.25. The van der Waals surface area contributed by atoms with Crippen LogP contribution in [0.4, 0.5) is 0 Å². The van der Waals surface area contributed by atoms with Gasteiger partial charge in [0.2, 0.25) is 0 Å². The van der Waals surface area contributed by atoms with Crippen LogP contribution in [0.1, 0.15) is 27.7 Å².